The summed E-state index contributed by atoms with van der Waals surface area (Å²) in [4.78, 5) is 26.6. The van der Waals surface area contributed by atoms with Gasteiger partial charge in [-0.2, -0.15) is 0 Å². The fourth-order valence-corrected chi connectivity index (χ4v) is 6.66. The molecule has 38 heavy (non-hydrogen) atoms. The molecule has 0 radical (unpaired) electrons. The van der Waals surface area contributed by atoms with E-state index >= 15 is 0 Å². The van der Waals surface area contributed by atoms with E-state index in [1.54, 1.807) is 11.3 Å². The second-order valence-corrected chi connectivity index (χ2v) is 12.6. The van der Waals surface area contributed by atoms with Gasteiger partial charge in [-0.3, -0.25) is 4.98 Å². The summed E-state index contributed by atoms with van der Waals surface area (Å²) in [6.07, 6.45) is 11.7. The number of piperidine rings is 1. The Morgan fingerprint density at radius 2 is 1.89 bits per heavy atom. The van der Waals surface area contributed by atoms with E-state index in [2.05, 4.69) is 51.8 Å². The molecular weight excluding hydrogens is 492 g/mol. The fraction of sp³-hybridized carbons (Fsp3) is 0.483. The van der Waals surface area contributed by atoms with Crippen molar-refractivity contribution < 1.29 is 0 Å². The largest absolute Gasteiger partial charge is 0.355 e. The third kappa shape index (κ3) is 4.52. The third-order valence-electron chi connectivity index (χ3n) is 8.28. The molecule has 2 N–H and O–H groups in total. The number of hydrogen-bond donors (Lipinski definition) is 2. The second kappa shape index (κ2) is 9.24. The summed E-state index contributed by atoms with van der Waals surface area (Å²) < 4.78 is 0. The highest BCUT2D eigenvalue weighted by Gasteiger charge is 2.37. The van der Waals surface area contributed by atoms with Gasteiger partial charge < -0.3 is 15.5 Å². The lowest BCUT2D eigenvalue weighted by Gasteiger charge is -2.45. The zero-order chi connectivity index (χ0) is 25.9. The number of nitrogens with one attached hydrogen (secondary N) is 2. The van der Waals surface area contributed by atoms with Gasteiger partial charge in [0.05, 0.1) is 17.4 Å². The first-order chi connectivity index (χ1) is 18.5. The molecule has 2 aliphatic carbocycles. The van der Waals surface area contributed by atoms with Gasteiger partial charge in [0, 0.05) is 54.3 Å². The van der Waals surface area contributed by atoms with E-state index in [1.807, 2.05) is 30.7 Å². The summed E-state index contributed by atoms with van der Waals surface area (Å²) in [6.45, 7) is 6.71. The molecule has 0 spiro atoms. The molecule has 0 bridgehead atoms. The van der Waals surface area contributed by atoms with Crippen molar-refractivity contribution in [3.05, 3.63) is 47.4 Å². The number of nitrogens with zero attached hydrogens (tertiary/aromatic N) is 6. The normalized spacial score (nSPS) is 21.0. The Morgan fingerprint density at radius 3 is 2.68 bits per heavy atom. The predicted molar refractivity (Wildman–Crippen MR) is 153 cm³/mol. The van der Waals surface area contributed by atoms with Gasteiger partial charge in [-0.25, -0.2) is 19.9 Å². The minimum atomic E-state index is 0.123. The van der Waals surface area contributed by atoms with Crippen LogP contribution in [0.3, 0.4) is 0 Å². The highest BCUT2D eigenvalue weighted by Crippen LogP contribution is 2.46. The van der Waals surface area contributed by atoms with Crippen molar-refractivity contribution in [3.8, 4) is 11.4 Å². The van der Waals surface area contributed by atoms with Crippen molar-refractivity contribution in [3.63, 3.8) is 0 Å². The summed E-state index contributed by atoms with van der Waals surface area (Å²) in [5.74, 6) is 3.66. The maximum Gasteiger partial charge on any atom is 0.188 e. The highest BCUT2D eigenvalue weighted by molar-refractivity contribution is 7.13. The molecule has 9 heteroatoms. The Bertz CT molecular complexity index is 1490. The van der Waals surface area contributed by atoms with E-state index in [1.165, 1.54) is 36.9 Å². The van der Waals surface area contributed by atoms with E-state index in [9.17, 15) is 0 Å². The van der Waals surface area contributed by atoms with E-state index < -0.39 is 0 Å². The van der Waals surface area contributed by atoms with Crippen LogP contribution in [0.4, 0.5) is 16.8 Å². The summed E-state index contributed by atoms with van der Waals surface area (Å²) in [7, 11) is 2.21. The van der Waals surface area contributed by atoms with Crippen molar-refractivity contribution >= 4 is 39.0 Å². The van der Waals surface area contributed by atoms with Crippen LogP contribution in [0.1, 0.15) is 69.0 Å². The average molecular weight is 527 g/mol. The Hall–Kier alpha value is -3.17. The second-order valence-electron chi connectivity index (χ2n) is 11.8. The number of rotatable bonds is 7. The quantitative estimate of drug-likeness (QED) is 0.309. The van der Waals surface area contributed by atoms with Gasteiger partial charge in [0.1, 0.15) is 11.6 Å². The summed E-state index contributed by atoms with van der Waals surface area (Å²) in [5.41, 5.74) is 4.44. The Balaban J connectivity index is 1.29. The van der Waals surface area contributed by atoms with Crippen LogP contribution in [-0.2, 0) is 0 Å². The Labute approximate surface area is 227 Å². The molecule has 3 aliphatic rings. The van der Waals surface area contributed by atoms with Crippen LogP contribution in [0.2, 0.25) is 0 Å². The summed E-state index contributed by atoms with van der Waals surface area (Å²) >= 11 is 1.63. The minimum Gasteiger partial charge on any atom is -0.355 e. The van der Waals surface area contributed by atoms with Gasteiger partial charge in [-0.05, 0) is 67.7 Å². The van der Waals surface area contributed by atoms with Crippen molar-refractivity contribution in [2.45, 2.75) is 63.8 Å². The molecule has 196 valence electrons. The van der Waals surface area contributed by atoms with E-state index in [4.69, 9.17) is 15.0 Å². The molecule has 1 unspecified atom stereocenters. The van der Waals surface area contributed by atoms with Crippen LogP contribution in [0, 0.1) is 5.41 Å². The van der Waals surface area contributed by atoms with Crippen LogP contribution in [0.5, 0.6) is 0 Å². The number of pyridine rings is 2. The smallest absolute Gasteiger partial charge is 0.188 e. The van der Waals surface area contributed by atoms with Gasteiger partial charge >= 0.3 is 0 Å². The van der Waals surface area contributed by atoms with Crippen LogP contribution in [0.15, 0.2) is 36.1 Å². The van der Waals surface area contributed by atoms with E-state index in [-0.39, 0.29) is 5.41 Å². The molecule has 5 heterocycles. The maximum absolute atomic E-state index is 5.26. The topological polar surface area (TPSA) is 91.8 Å². The number of fused-ring (bicyclic) bond motifs is 1. The van der Waals surface area contributed by atoms with E-state index in [0.717, 1.165) is 52.7 Å². The number of thiazole rings is 1. The lowest BCUT2D eigenvalue weighted by atomic mass is 9.79. The fourth-order valence-electron chi connectivity index (χ4n) is 5.86. The molecule has 0 amide bonds. The van der Waals surface area contributed by atoms with Crippen molar-refractivity contribution in [1.82, 2.24) is 30.2 Å². The molecule has 1 atom stereocenters. The first-order valence-electron chi connectivity index (χ1n) is 13.7. The van der Waals surface area contributed by atoms with Crippen molar-refractivity contribution in [1.29, 1.82) is 0 Å². The molecule has 8 nitrogen and oxygen atoms in total. The monoisotopic (exact) mass is 526 g/mol. The average Bonchev–Trinajstić information content (AvgIpc) is 3.86. The molecule has 0 aromatic carbocycles. The van der Waals surface area contributed by atoms with Crippen LogP contribution in [-0.4, -0.2) is 51.1 Å². The zero-order valence-corrected chi connectivity index (χ0v) is 23.1. The predicted octanol–water partition coefficient (Wildman–Crippen LogP) is 5.87. The molecule has 4 aromatic heterocycles. The van der Waals surface area contributed by atoms with Gasteiger partial charge in [0.15, 0.2) is 11.0 Å². The summed E-state index contributed by atoms with van der Waals surface area (Å²) in [5, 5.41) is 11.2. The first kappa shape index (κ1) is 23.9. The minimum absolute atomic E-state index is 0.123. The van der Waals surface area contributed by atoms with Crippen LogP contribution in [0.25, 0.3) is 22.3 Å². The van der Waals surface area contributed by atoms with Gasteiger partial charge in [-0.15, -0.1) is 11.3 Å². The van der Waals surface area contributed by atoms with Crippen LogP contribution >= 0.6 is 11.3 Å². The van der Waals surface area contributed by atoms with Crippen molar-refractivity contribution in [2.75, 3.05) is 30.4 Å². The molecule has 3 fully saturated rings. The molecule has 1 saturated heterocycles. The number of anilines is 3. The molecular formula is C29H34N8S. The van der Waals surface area contributed by atoms with Crippen LogP contribution < -0.4 is 15.5 Å². The zero-order valence-electron chi connectivity index (χ0n) is 22.2. The van der Waals surface area contributed by atoms with Gasteiger partial charge in [0.25, 0.3) is 0 Å². The highest BCUT2D eigenvalue weighted by atomic mass is 32.1. The SMILES string of the molecule is CN(c1nc(-c2ccnc(Nc3nc(C4CC4)cs3)c2)nc2cncc(C3CC3)c12)C1CCNCC1(C)C. The number of aromatic nitrogens is 5. The molecule has 4 aromatic rings. The standard InChI is InChI=1S/C29H34N8S/c1-29(2)16-30-10-9-23(29)37(3)27-25-20(17-4-5-17)13-31-14-21(25)33-26(36-27)19-8-11-32-24(12-19)35-28-34-22(15-38-28)18-6-7-18/h8,11-15,17-18,23,30H,4-7,9-10,16H2,1-3H3,(H,32,34,35). The third-order valence-corrected chi connectivity index (χ3v) is 9.06. The molecule has 1 aliphatic heterocycles. The Morgan fingerprint density at radius 1 is 1.05 bits per heavy atom. The lowest BCUT2D eigenvalue weighted by molar-refractivity contribution is 0.215. The van der Waals surface area contributed by atoms with Gasteiger partial charge in [0.2, 0.25) is 0 Å². The molecule has 7 rings (SSSR count). The first-order valence-corrected chi connectivity index (χ1v) is 14.6. The van der Waals surface area contributed by atoms with Crippen molar-refractivity contribution in [2.24, 2.45) is 5.41 Å². The summed E-state index contributed by atoms with van der Waals surface area (Å²) in [6, 6.07) is 4.38. The number of hydrogen-bond acceptors (Lipinski definition) is 9. The van der Waals surface area contributed by atoms with E-state index in [0.29, 0.717) is 23.7 Å². The molecule has 2 saturated carbocycles. The lowest BCUT2D eigenvalue weighted by Crippen LogP contribution is -2.53. The Kier molecular flexibility index (Phi) is 5.81. The maximum atomic E-state index is 5.26. The van der Waals surface area contributed by atoms with Gasteiger partial charge in [-0.1, -0.05) is 13.8 Å².